The number of aromatic nitrogens is 4. The lowest BCUT2D eigenvalue weighted by Gasteiger charge is -2.45. The van der Waals surface area contributed by atoms with Crippen LogP contribution in [-0.4, -0.2) is 26.7 Å². The third-order valence-electron chi connectivity index (χ3n) is 14.4. The van der Waals surface area contributed by atoms with Gasteiger partial charge < -0.3 is 24.7 Å². The number of alkyl halides is 2. The van der Waals surface area contributed by atoms with E-state index >= 15 is 21.9 Å². The number of hydrogen-bond acceptors (Lipinski definition) is 0. The van der Waals surface area contributed by atoms with Crippen LogP contribution >= 0.6 is 34.7 Å². The van der Waals surface area contributed by atoms with Gasteiger partial charge in [-0.1, -0.05) is 199 Å². The molecule has 0 bridgehead atoms. The second kappa shape index (κ2) is 20.2. The standard InChI is InChI=1S/C60H48B2ClF5N4.CH2Cl2/c1-37-32-39(3)53(40(4)33-37)69-55(43-22-12-7-13-23-43)57(45-26-16-9-17-27-45)71-59(69)61(63,48-36-49(64)51(66)52(67)50(48)65)60-70(54-41(5)34-38(2)35-42(54)6)56(44-24-14-8-15-25-44)58(46-28-18-10-19-29-46)72(60)62(71,68)47-30-20-11-21-31-47;2-1-3/h7-36H,1-6H3;1H2. The third-order valence-corrected chi connectivity index (χ3v) is 15.0. The van der Waals surface area contributed by atoms with Crippen LogP contribution in [0.3, 0.4) is 0 Å². The monoisotopic (exact) mass is 1060 g/mol. The molecule has 2 aromatic heterocycles. The van der Waals surface area contributed by atoms with Crippen molar-refractivity contribution in [1.82, 2.24) is 9.13 Å². The quantitative estimate of drug-likeness (QED) is 0.0475. The van der Waals surface area contributed by atoms with Crippen molar-refractivity contribution in [3.63, 3.8) is 0 Å². The Morgan fingerprint density at radius 1 is 0.440 bits per heavy atom. The number of halogens is 8. The van der Waals surface area contributed by atoms with Gasteiger partial charge in [-0.15, -0.1) is 28.7 Å². The second-order valence-corrected chi connectivity index (χ2v) is 20.8. The average molecular weight is 1060 g/mol. The molecule has 0 amide bonds. The zero-order chi connectivity index (χ0) is 53.1. The fourth-order valence-electron chi connectivity index (χ4n) is 11.9. The molecule has 1 aliphatic rings. The van der Waals surface area contributed by atoms with Gasteiger partial charge in [-0.2, -0.15) is 0 Å². The minimum atomic E-state index is -4.00. The van der Waals surface area contributed by atoms with Crippen LogP contribution in [0, 0.1) is 64.8 Å². The van der Waals surface area contributed by atoms with Crippen LogP contribution in [-0.2, 0) is 0 Å². The Hall–Kier alpha value is -7.17. The fourth-order valence-corrected chi connectivity index (χ4v) is 12.5. The van der Waals surface area contributed by atoms with Crippen LogP contribution in [0.15, 0.2) is 182 Å². The predicted octanol–water partition coefficient (Wildman–Crippen LogP) is 13.1. The summed E-state index contributed by atoms with van der Waals surface area (Å²) in [5.74, 6) is -7.41. The molecule has 0 spiro atoms. The van der Waals surface area contributed by atoms with E-state index < -0.39 is 41.0 Å². The van der Waals surface area contributed by atoms with Gasteiger partial charge in [0.1, 0.15) is 28.6 Å². The van der Waals surface area contributed by atoms with E-state index in [1.54, 1.807) is 33.2 Å². The van der Waals surface area contributed by atoms with E-state index in [-0.39, 0.29) is 22.2 Å². The van der Waals surface area contributed by atoms with Crippen molar-refractivity contribution in [3.05, 3.63) is 239 Å². The molecular weight excluding hydrogens is 1010 g/mol. The molecule has 0 N–H and O–H groups in total. The molecule has 4 nitrogen and oxygen atoms in total. The topological polar surface area (TPSA) is 17.6 Å². The van der Waals surface area contributed by atoms with E-state index in [1.165, 1.54) is 0 Å². The van der Waals surface area contributed by atoms with E-state index in [4.69, 9.17) is 34.7 Å². The number of hydrogen-bond donors (Lipinski definition) is 0. The smallest absolute Gasteiger partial charge is 0.419 e. The Bertz CT molecular complexity index is 3560. The highest BCUT2D eigenvalue weighted by atomic mass is 35.5. The minimum absolute atomic E-state index is 0.0273. The normalized spacial score (nSPS) is 15.8. The van der Waals surface area contributed by atoms with Gasteiger partial charge in [-0.3, -0.25) is 0 Å². The molecule has 14 heteroatoms. The molecule has 0 fully saturated rings. The number of aryl methyl sites for hydroxylation is 6. The summed E-state index contributed by atoms with van der Waals surface area (Å²) in [4.78, 5) is 0. The summed E-state index contributed by atoms with van der Waals surface area (Å²) in [6, 6.07) is 55.2. The van der Waals surface area contributed by atoms with Crippen LogP contribution < -0.4 is 31.3 Å². The summed E-state index contributed by atoms with van der Waals surface area (Å²) >= 11 is 18.4. The first-order chi connectivity index (χ1) is 36.1. The molecule has 11 rings (SSSR count). The molecule has 0 atom stereocenters. The van der Waals surface area contributed by atoms with Crippen molar-refractivity contribution < 1.29 is 30.8 Å². The van der Waals surface area contributed by atoms with E-state index in [9.17, 15) is 0 Å². The molecule has 0 aliphatic carbocycles. The first kappa shape index (κ1) is 51.3. The Balaban J connectivity index is 0.00000209. The van der Waals surface area contributed by atoms with Gasteiger partial charge in [0.05, 0.1) is 16.8 Å². The molecule has 0 saturated heterocycles. The molecule has 8 aromatic carbocycles. The van der Waals surface area contributed by atoms with Gasteiger partial charge in [0.2, 0.25) is 0 Å². The van der Waals surface area contributed by atoms with E-state index in [1.807, 2.05) is 202 Å². The molecule has 10 aromatic rings. The van der Waals surface area contributed by atoms with Crippen LogP contribution in [0.1, 0.15) is 33.4 Å². The van der Waals surface area contributed by atoms with E-state index in [0.29, 0.717) is 62.5 Å². The maximum absolute atomic E-state index is 22.0. The first-order valence-electron chi connectivity index (χ1n) is 24.6. The molecule has 0 radical (unpaired) electrons. The maximum atomic E-state index is 22.0. The number of fused-ring (bicyclic) bond motifs is 2. The van der Waals surface area contributed by atoms with Gasteiger partial charge in [-0.25, -0.2) is 26.7 Å². The van der Waals surface area contributed by atoms with Gasteiger partial charge in [0.25, 0.3) is 0 Å². The average Bonchev–Trinajstić information content (AvgIpc) is 3.96. The van der Waals surface area contributed by atoms with Crippen molar-refractivity contribution in [2.45, 2.75) is 41.5 Å². The predicted molar refractivity (Wildman–Crippen MR) is 299 cm³/mol. The molecular formula is C61H50B2Cl3F5N4. The molecule has 3 heterocycles. The number of rotatable bonds is 8. The number of benzene rings is 8. The maximum Gasteiger partial charge on any atom is 0.575 e. The third kappa shape index (κ3) is 8.22. The zero-order valence-corrected chi connectivity index (χ0v) is 44.3. The SMILES string of the molecule is Cc1cc(C)c(-n2c(-c3ccccc3)c(-c3ccccc3)[n+]3c2[B-](Cl)(c2cc(F)c(F)c(F)c2F)c2n(-c4c(C)cc(C)cc4C)c(-c4ccccc4)c(-c4ccccc4)[n+]2[B-]3(F)c2ccccc2)c(C)c1.ClCCl. The summed E-state index contributed by atoms with van der Waals surface area (Å²) in [6.45, 7) is 7.74. The van der Waals surface area contributed by atoms with Crippen molar-refractivity contribution >= 4 is 69.3 Å². The van der Waals surface area contributed by atoms with Crippen molar-refractivity contribution in [1.29, 1.82) is 0 Å². The lowest BCUT2D eigenvalue weighted by molar-refractivity contribution is -0.671. The summed E-state index contributed by atoms with van der Waals surface area (Å²) < 4.78 is 95.8. The largest absolute Gasteiger partial charge is 0.575 e. The highest BCUT2D eigenvalue weighted by Gasteiger charge is 2.64. The summed E-state index contributed by atoms with van der Waals surface area (Å²) in [7, 11) is 0. The second-order valence-electron chi connectivity index (χ2n) is 19.3. The van der Waals surface area contributed by atoms with Crippen molar-refractivity contribution in [2.24, 2.45) is 0 Å². The van der Waals surface area contributed by atoms with Crippen LogP contribution in [0.5, 0.6) is 0 Å². The van der Waals surface area contributed by atoms with E-state index in [2.05, 4.69) is 0 Å². The molecule has 0 saturated carbocycles. The Labute approximate surface area is 448 Å². The van der Waals surface area contributed by atoms with Gasteiger partial charge in [-0.05, 0) is 63.8 Å². The van der Waals surface area contributed by atoms with Gasteiger partial charge in [0, 0.05) is 22.3 Å². The summed E-state index contributed by atoms with van der Waals surface area (Å²) in [5.41, 5.74) is 5.88. The lowest BCUT2D eigenvalue weighted by atomic mass is 9.36. The number of imidazole rings is 2. The Kier molecular flexibility index (Phi) is 13.8. The molecule has 1 aliphatic heterocycles. The van der Waals surface area contributed by atoms with Crippen LogP contribution in [0.25, 0.3) is 56.4 Å². The first-order valence-corrected chi connectivity index (χ1v) is 26.1. The van der Waals surface area contributed by atoms with Crippen molar-refractivity contribution in [3.8, 4) is 56.4 Å². The molecule has 75 heavy (non-hydrogen) atoms. The fraction of sp³-hybridized carbons (Fsp3) is 0.115. The summed E-state index contributed by atoms with van der Waals surface area (Å²) in [5, 5.41) is 0.194. The summed E-state index contributed by atoms with van der Waals surface area (Å²) in [6.07, 6.45) is 0. The number of nitrogens with zero attached hydrogens (tertiary/aromatic N) is 4. The Morgan fingerprint density at radius 2 is 0.760 bits per heavy atom. The lowest BCUT2D eigenvalue weighted by Crippen LogP contribution is -3.02. The minimum Gasteiger partial charge on any atom is -0.419 e. The highest BCUT2D eigenvalue weighted by Crippen LogP contribution is 2.41. The molecule has 0 unspecified atom stereocenters. The zero-order valence-electron chi connectivity index (χ0n) is 42.0. The van der Waals surface area contributed by atoms with Crippen LogP contribution in [0.2, 0.25) is 0 Å². The van der Waals surface area contributed by atoms with Crippen LogP contribution in [0.4, 0.5) is 21.9 Å². The van der Waals surface area contributed by atoms with Gasteiger partial charge >= 0.3 is 12.3 Å². The molecule has 376 valence electrons. The van der Waals surface area contributed by atoms with Crippen molar-refractivity contribution in [2.75, 3.05) is 5.34 Å². The van der Waals surface area contributed by atoms with Gasteiger partial charge in [0.15, 0.2) is 28.8 Å². The van der Waals surface area contributed by atoms with E-state index in [0.717, 1.165) is 33.4 Å². The Morgan fingerprint density at radius 3 is 1.11 bits per heavy atom. The highest BCUT2D eigenvalue weighted by molar-refractivity contribution is 7.39.